The van der Waals surface area contributed by atoms with Gasteiger partial charge in [0.1, 0.15) is 5.69 Å². The first-order chi connectivity index (χ1) is 11.3. The van der Waals surface area contributed by atoms with E-state index in [4.69, 9.17) is 5.26 Å². The number of nitrogens with one attached hydrogen (secondary N) is 1. The highest BCUT2D eigenvalue weighted by atomic mass is 19.4. The summed E-state index contributed by atoms with van der Waals surface area (Å²) >= 11 is 0. The van der Waals surface area contributed by atoms with Gasteiger partial charge in [-0.15, -0.1) is 0 Å². The van der Waals surface area contributed by atoms with Crippen LogP contribution in [0.4, 0.5) is 24.5 Å². The molecule has 0 unspecified atom stereocenters. The summed E-state index contributed by atoms with van der Waals surface area (Å²) < 4.78 is 39.0. The van der Waals surface area contributed by atoms with E-state index >= 15 is 0 Å². The van der Waals surface area contributed by atoms with Gasteiger partial charge in [0.15, 0.2) is 5.69 Å². The highest BCUT2D eigenvalue weighted by molar-refractivity contribution is 5.66. The van der Waals surface area contributed by atoms with E-state index in [9.17, 15) is 23.3 Å². The maximum Gasteiger partial charge on any atom is 0.435 e. The molecule has 0 saturated heterocycles. The van der Waals surface area contributed by atoms with Gasteiger partial charge in [0.05, 0.1) is 16.6 Å². The molecule has 0 saturated carbocycles. The summed E-state index contributed by atoms with van der Waals surface area (Å²) in [6.07, 6.45) is -4.33. The second kappa shape index (κ2) is 5.52. The van der Waals surface area contributed by atoms with E-state index in [1.807, 2.05) is 0 Å². The van der Waals surface area contributed by atoms with E-state index in [-0.39, 0.29) is 35.5 Å². The van der Waals surface area contributed by atoms with Crippen LogP contribution >= 0.6 is 0 Å². The Balaban J connectivity index is 2.01. The Kier molecular flexibility index (Phi) is 3.63. The zero-order chi connectivity index (χ0) is 17.5. The van der Waals surface area contributed by atoms with Crippen molar-refractivity contribution in [2.45, 2.75) is 19.1 Å². The first-order valence-electron chi connectivity index (χ1n) is 6.88. The molecule has 2 heterocycles. The molecule has 0 amide bonds. The largest absolute Gasteiger partial charge is 0.435 e. The fourth-order valence-electron chi connectivity index (χ4n) is 2.74. The SMILES string of the molecule is N#Cc1ccc(N2CCc3[nH]nc(C(F)(F)F)c3C2)c([N+](=O)[O-])c1. The van der Waals surface area contributed by atoms with Gasteiger partial charge in [-0.3, -0.25) is 15.2 Å². The third-order valence-corrected chi connectivity index (χ3v) is 3.84. The number of nitrogens with zero attached hydrogens (tertiary/aromatic N) is 4. The van der Waals surface area contributed by atoms with Crippen molar-refractivity contribution in [1.82, 2.24) is 10.2 Å². The van der Waals surface area contributed by atoms with Crippen LogP contribution in [0.1, 0.15) is 22.5 Å². The van der Waals surface area contributed by atoms with E-state index < -0.39 is 16.8 Å². The molecule has 0 spiro atoms. The van der Waals surface area contributed by atoms with Crippen LogP contribution in [-0.4, -0.2) is 21.7 Å². The third-order valence-electron chi connectivity index (χ3n) is 3.84. The lowest BCUT2D eigenvalue weighted by Gasteiger charge is -2.29. The summed E-state index contributed by atoms with van der Waals surface area (Å²) in [5, 5.41) is 25.8. The summed E-state index contributed by atoms with van der Waals surface area (Å²) in [5.74, 6) is 0. The second-order valence-corrected chi connectivity index (χ2v) is 5.27. The van der Waals surface area contributed by atoms with E-state index in [0.717, 1.165) is 6.07 Å². The lowest BCUT2D eigenvalue weighted by atomic mass is 10.0. The fourth-order valence-corrected chi connectivity index (χ4v) is 2.74. The molecule has 1 aliphatic rings. The van der Waals surface area contributed by atoms with Crippen LogP contribution in [0.2, 0.25) is 0 Å². The molecular weight excluding hydrogens is 327 g/mol. The Hall–Kier alpha value is -3.09. The van der Waals surface area contributed by atoms with Gasteiger partial charge in [-0.25, -0.2) is 0 Å². The van der Waals surface area contributed by atoms with Crippen molar-refractivity contribution in [2.24, 2.45) is 0 Å². The maximum absolute atomic E-state index is 13.0. The summed E-state index contributed by atoms with van der Waals surface area (Å²) in [7, 11) is 0. The molecule has 1 aliphatic heterocycles. The number of fused-ring (bicyclic) bond motifs is 1. The molecule has 0 aliphatic carbocycles. The van der Waals surface area contributed by atoms with Crippen molar-refractivity contribution in [3.8, 4) is 6.07 Å². The fraction of sp³-hybridized carbons (Fsp3) is 0.286. The number of H-pyrrole nitrogens is 1. The predicted molar refractivity (Wildman–Crippen MR) is 76.2 cm³/mol. The Morgan fingerprint density at radius 2 is 2.17 bits per heavy atom. The number of hydrogen-bond acceptors (Lipinski definition) is 5. The van der Waals surface area contributed by atoms with Gasteiger partial charge in [-0.1, -0.05) is 0 Å². The predicted octanol–water partition coefficient (Wildman–Crippen LogP) is 2.77. The Bertz CT molecular complexity index is 853. The molecule has 3 rings (SSSR count). The van der Waals surface area contributed by atoms with Gasteiger partial charge in [0, 0.05) is 36.8 Å². The average Bonchev–Trinajstić information content (AvgIpc) is 2.97. The zero-order valence-corrected chi connectivity index (χ0v) is 12.1. The molecule has 1 N–H and O–H groups in total. The molecule has 24 heavy (non-hydrogen) atoms. The quantitative estimate of drug-likeness (QED) is 0.671. The number of alkyl halides is 3. The highest BCUT2D eigenvalue weighted by Crippen LogP contribution is 2.37. The van der Waals surface area contributed by atoms with Crippen LogP contribution < -0.4 is 4.90 Å². The third kappa shape index (κ3) is 2.64. The Labute approximate surface area is 133 Å². The van der Waals surface area contributed by atoms with Crippen LogP contribution in [0.3, 0.4) is 0 Å². The number of benzene rings is 1. The van der Waals surface area contributed by atoms with Gasteiger partial charge in [0.2, 0.25) is 0 Å². The van der Waals surface area contributed by atoms with Crippen molar-refractivity contribution >= 4 is 11.4 Å². The lowest BCUT2D eigenvalue weighted by molar-refractivity contribution is -0.384. The highest BCUT2D eigenvalue weighted by Gasteiger charge is 2.39. The molecule has 0 radical (unpaired) electrons. The molecule has 7 nitrogen and oxygen atoms in total. The van der Waals surface area contributed by atoms with E-state index in [2.05, 4.69) is 10.2 Å². The molecule has 10 heteroatoms. The summed E-state index contributed by atoms with van der Waals surface area (Å²) in [6.45, 7) is 0.159. The van der Waals surface area contributed by atoms with Gasteiger partial charge in [-0.2, -0.15) is 23.5 Å². The van der Waals surface area contributed by atoms with Gasteiger partial charge in [-0.05, 0) is 12.1 Å². The smallest absolute Gasteiger partial charge is 0.361 e. The number of aromatic nitrogens is 2. The average molecular weight is 337 g/mol. The van der Waals surface area contributed by atoms with E-state index in [0.29, 0.717) is 12.2 Å². The van der Waals surface area contributed by atoms with Crippen LogP contribution in [-0.2, 0) is 19.1 Å². The number of anilines is 1. The van der Waals surface area contributed by atoms with E-state index in [1.54, 1.807) is 6.07 Å². The Morgan fingerprint density at radius 1 is 1.42 bits per heavy atom. The number of nitro benzene ring substituents is 1. The number of aromatic amines is 1. The number of halogens is 3. The van der Waals surface area contributed by atoms with Crippen molar-refractivity contribution < 1.29 is 18.1 Å². The van der Waals surface area contributed by atoms with Crippen molar-refractivity contribution in [3.63, 3.8) is 0 Å². The molecule has 1 aromatic carbocycles. The molecule has 0 fully saturated rings. The second-order valence-electron chi connectivity index (χ2n) is 5.27. The molecule has 124 valence electrons. The van der Waals surface area contributed by atoms with E-state index in [1.165, 1.54) is 17.0 Å². The van der Waals surface area contributed by atoms with Crippen LogP contribution in [0.25, 0.3) is 0 Å². The van der Waals surface area contributed by atoms with Crippen molar-refractivity contribution in [2.75, 3.05) is 11.4 Å². The summed E-state index contributed by atoms with van der Waals surface area (Å²) in [6, 6.07) is 5.71. The molecule has 2 aromatic rings. The molecule has 0 bridgehead atoms. The maximum atomic E-state index is 13.0. The van der Waals surface area contributed by atoms with Crippen molar-refractivity contribution in [3.05, 3.63) is 50.8 Å². The molecular formula is C14H10F3N5O2. The van der Waals surface area contributed by atoms with Gasteiger partial charge < -0.3 is 4.90 Å². The topological polar surface area (TPSA) is 98.8 Å². The molecule has 0 atom stereocenters. The number of nitriles is 1. The van der Waals surface area contributed by atoms with Crippen LogP contribution in [0, 0.1) is 21.4 Å². The minimum atomic E-state index is -4.59. The normalized spacial score (nSPS) is 14.2. The van der Waals surface area contributed by atoms with Gasteiger partial charge >= 0.3 is 6.18 Å². The first-order valence-corrected chi connectivity index (χ1v) is 6.88. The van der Waals surface area contributed by atoms with Crippen molar-refractivity contribution in [1.29, 1.82) is 5.26 Å². The minimum Gasteiger partial charge on any atom is -0.361 e. The minimum absolute atomic E-state index is 0.00703. The zero-order valence-electron chi connectivity index (χ0n) is 12.1. The van der Waals surface area contributed by atoms with Gasteiger partial charge in [0.25, 0.3) is 5.69 Å². The molecule has 1 aromatic heterocycles. The first kappa shape index (κ1) is 15.8. The lowest BCUT2D eigenvalue weighted by Crippen LogP contribution is -2.31. The standard InChI is InChI=1S/C14H10F3N5O2/c15-14(16,17)13-9-7-21(4-3-10(9)19-20-13)11-2-1-8(6-18)5-12(11)22(23)24/h1-2,5H,3-4,7H2,(H,19,20). The summed E-state index contributed by atoms with van der Waals surface area (Å²) in [4.78, 5) is 12.1. The monoisotopic (exact) mass is 337 g/mol. The number of nitro groups is 1. The number of rotatable bonds is 2. The van der Waals surface area contributed by atoms with Crippen LogP contribution in [0.5, 0.6) is 0 Å². The van der Waals surface area contributed by atoms with Crippen LogP contribution in [0.15, 0.2) is 18.2 Å². The summed E-state index contributed by atoms with van der Waals surface area (Å²) in [5.41, 5.74) is -0.642. The Morgan fingerprint density at radius 3 is 2.79 bits per heavy atom. The number of hydrogen-bond donors (Lipinski definition) is 1.